The van der Waals surface area contributed by atoms with E-state index in [4.69, 9.17) is 0 Å². The molecule has 4 aromatic rings. The quantitative estimate of drug-likeness (QED) is 0.268. The van der Waals surface area contributed by atoms with Gasteiger partial charge in [0.25, 0.3) is 20.0 Å². The van der Waals surface area contributed by atoms with Crippen molar-refractivity contribution in [3.05, 3.63) is 100 Å². The number of hydrogen-bond donors (Lipinski definition) is 3. The van der Waals surface area contributed by atoms with Gasteiger partial charge in [-0.15, -0.1) is 0 Å². The highest BCUT2D eigenvalue weighted by Gasteiger charge is 2.46. The number of hydrogen-bond acceptors (Lipinski definition) is 7. The van der Waals surface area contributed by atoms with Gasteiger partial charge >= 0.3 is 11.2 Å². The van der Waals surface area contributed by atoms with Crippen LogP contribution in [-0.2, 0) is 33.1 Å². The van der Waals surface area contributed by atoms with Crippen LogP contribution < -0.4 is 15.1 Å². The predicted molar refractivity (Wildman–Crippen MR) is 139 cm³/mol. The first-order valence-electron chi connectivity index (χ1n) is 11.4. The van der Waals surface area contributed by atoms with Crippen LogP contribution in [0.1, 0.15) is 16.8 Å². The zero-order valence-electron chi connectivity index (χ0n) is 20.6. The number of aromatic hydroxyl groups is 1. The fraction of sp³-hybridized carbons (Fsp3) is 0.167. The van der Waals surface area contributed by atoms with E-state index in [1.165, 1.54) is 25.4 Å². The Balaban J connectivity index is 1.61. The van der Waals surface area contributed by atoms with E-state index in [1.807, 2.05) is 0 Å². The molecule has 0 spiro atoms. The van der Waals surface area contributed by atoms with Crippen molar-refractivity contribution in [1.29, 1.82) is 0 Å². The second-order valence-corrected chi connectivity index (χ2v) is 11.9. The van der Waals surface area contributed by atoms with Gasteiger partial charge in [0.1, 0.15) is 0 Å². The van der Waals surface area contributed by atoms with Crippen LogP contribution in [0, 0.1) is 6.92 Å². The van der Waals surface area contributed by atoms with Crippen LogP contribution in [0.5, 0.6) is 5.88 Å². The molecule has 2 heterocycles. The first-order chi connectivity index (χ1) is 18.7. The first kappa shape index (κ1) is 28.8. The van der Waals surface area contributed by atoms with E-state index >= 15 is 0 Å². The lowest BCUT2D eigenvalue weighted by atomic mass is 10.2. The average molecular weight is 598 g/mol. The number of imidazole rings is 1. The summed E-state index contributed by atoms with van der Waals surface area (Å²) in [6, 6.07) is 13.5. The summed E-state index contributed by atoms with van der Waals surface area (Å²) in [7, 11) is -9.65. The van der Waals surface area contributed by atoms with Gasteiger partial charge in [-0.25, -0.2) is 17.8 Å². The van der Waals surface area contributed by atoms with Crippen molar-refractivity contribution in [3.63, 3.8) is 0 Å². The molecule has 2 aromatic carbocycles. The van der Waals surface area contributed by atoms with Gasteiger partial charge in [0.2, 0.25) is 5.88 Å². The molecule has 0 radical (unpaired) electrons. The molecule has 0 saturated carbocycles. The van der Waals surface area contributed by atoms with E-state index in [2.05, 4.69) is 14.4 Å². The minimum Gasteiger partial charge on any atom is -0.493 e. The number of aromatic nitrogens is 3. The largest absolute Gasteiger partial charge is 0.501 e. The fourth-order valence-corrected chi connectivity index (χ4v) is 5.41. The number of sulfone groups is 1. The molecule has 11 nitrogen and oxygen atoms in total. The van der Waals surface area contributed by atoms with Crippen LogP contribution in [-0.4, -0.2) is 41.6 Å². The molecule has 0 fully saturated rings. The molecule has 2 aromatic heterocycles. The topological polar surface area (TPSA) is 152 Å². The average Bonchev–Trinajstić information content (AvgIpc) is 3.11. The molecule has 4 rings (SSSR count). The summed E-state index contributed by atoms with van der Waals surface area (Å²) in [5.41, 5.74) is -5.25. The van der Waals surface area contributed by atoms with Crippen molar-refractivity contribution < 1.29 is 35.1 Å². The summed E-state index contributed by atoms with van der Waals surface area (Å²) in [6.45, 7) is 1.21. The highest BCUT2D eigenvalue weighted by atomic mass is 32.2. The van der Waals surface area contributed by atoms with E-state index < -0.39 is 42.0 Å². The summed E-state index contributed by atoms with van der Waals surface area (Å²) in [4.78, 5) is 16.1. The molecule has 212 valence electrons. The van der Waals surface area contributed by atoms with Crippen LogP contribution >= 0.6 is 0 Å². The third-order valence-electron chi connectivity index (χ3n) is 5.87. The molecule has 16 heteroatoms. The Labute approximate surface area is 226 Å². The second-order valence-electron chi connectivity index (χ2n) is 8.50. The van der Waals surface area contributed by atoms with E-state index in [0.29, 0.717) is 17.7 Å². The number of alkyl halides is 3. The standard InChI is InChI=1S/C24H22F3N5O6S2/c1-16-22(33)32(19-7-9-20(10-8-19)39(35,36)24(25,26)27)23(34)31(16)15-18-11-12-28-14-21(18)30-40(37,38)29-13-17-5-3-2-4-6-17/h2-12,14,29-30,33H,13,15H2,1H3. The number of anilines is 1. The van der Waals surface area contributed by atoms with Crippen molar-refractivity contribution in [3.8, 4) is 11.6 Å². The van der Waals surface area contributed by atoms with Crippen molar-refractivity contribution >= 4 is 25.7 Å². The molecular formula is C24H22F3N5O6S2. The molecule has 0 atom stereocenters. The first-order valence-corrected chi connectivity index (χ1v) is 14.3. The SMILES string of the molecule is Cc1c(O)n(-c2ccc(S(=O)(=O)C(F)(F)F)cc2)c(=O)n1Cc1ccncc1NS(=O)(=O)NCc1ccccc1. The zero-order valence-corrected chi connectivity index (χ0v) is 22.3. The van der Waals surface area contributed by atoms with Crippen molar-refractivity contribution in [1.82, 2.24) is 18.8 Å². The van der Waals surface area contributed by atoms with Crippen LogP contribution in [0.25, 0.3) is 5.69 Å². The van der Waals surface area contributed by atoms with Gasteiger partial charge in [-0.05, 0) is 48.4 Å². The molecule has 3 N–H and O–H groups in total. The molecule has 0 aliphatic carbocycles. The van der Waals surface area contributed by atoms with Gasteiger partial charge in [0, 0.05) is 12.7 Å². The smallest absolute Gasteiger partial charge is 0.493 e. The maximum atomic E-state index is 13.2. The monoisotopic (exact) mass is 597 g/mol. The highest BCUT2D eigenvalue weighted by molar-refractivity contribution is 7.92. The Kier molecular flexibility index (Phi) is 7.78. The predicted octanol–water partition coefficient (Wildman–Crippen LogP) is 2.84. The maximum absolute atomic E-state index is 13.2. The number of nitrogens with zero attached hydrogens (tertiary/aromatic N) is 3. The van der Waals surface area contributed by atoms with Crippen LogP contribution in [0.3, 0.4) is 0 Å². The minimum atomic E-state index is -5.60. The summed E-state index contributed by atoms with van der Waals surface area (Å²) < 4.78 is 93.8. The van der Waals surface area contributed by atoms with Gasteiger partial charge in [0.05, 0.1) is 34.7 Å². The normalized spacial score (nSPS) is 12.4. The molecule has 0 aliphatic rings. The van der Waals surface area contributed by atoms with Crippen molar-refractivity contribution in [2.45, 2.75) is 30.4 Å². The summed E-state index contributed by atoms with van der Waals surface area (Å²) in [5, 5.41) is 10.6. The fourth-order valence-electron chi connectivity index (χ4n) is 3.74. The minimum absolute atomic E-state index is 0.0180. The Morgan fingerprint density at radius 2 is 1.62 bits per heavy atom. The Morgan fingerprint density at radius 1 is 0.975 bits per heavy atom. The van der Waals surface area contributed by atoms with E-state index in [0.717, 1.165) is 26.8 Å². The highest BCUT2D eigenvalue weighted by Crippen LogP contribution is 2.31. The Hall–Kier alpha value is -4.15. The molecule has 0 bridgehead atoms. The lowest BCUT2D eigenvalue weighted by molar-refractivity contribution is -0.0436. The maximum Gasteiger partial charge on any atom is 0.501 e. The number of halogens is 3. The molecule has 0 amide bonds. The third kappa shape index (κ3) is 5.88. The summed E-state index contributed by atoms with van der Waals surface area (Å²) >= 11 is 0. The Morgan fingerprint density at radius 3 is 2.25 bits per heavy atom. The molecule has 0 unspecified atom stereocenters. The zero-order chi connectivity index (χ0) is 29.3. The molecule has 40 heavy (non-hydrogen) atoms. The number of benzene rings is 2. The lowest BCUT2D eigenvalue weighted by Crippen LogP contribution is -2.30. The van der Waals surface area contributed by atoms with Gasteiger partial charge in [-0.3, -0.25) is 14.3 Å². The van der Waals surface area contributed by atoms with Crippen LogP contribution in [0.2, 0.25) is 0 Å². The second kappa shape index (κ2) is 10.8. The van der Waals surface area contributed by atoms with E-state index in [1.54, 1.807) is 30.3 Å². The van der Waals surface area contributed by atoms with Crippen LogP contribution in [0.15, 0.2) is 82.7 Å². The van der Waals surface area contributed by atoms with Gasteiger partial charge in [-0.1, -0.05) is 30.3 Å². The van der Waals surface area contributed by atoms with Crippen LogP contribution in [0.4, 0.5) is 18.9 Å². The number of pyridine rings is 1. The van der Waals surface area contributed by atoms with Crippen molar-refractivity contribution in [2.24, 2.45) is 0 Å². The molecule has 0 aliphatic heterocycles. The van der Waals surface area contributed by atoms with E-state index in [-0.39, 0.29) is 30.2 Å². The number of nitrogens with one attached hydrogen (secondary N) is 2. The Bertz CT molecular complexity index is 1800. The number of rotatable bonds is 9. The summed E-state index contributed by atoms with van der Waals surface area (Å²) in [6.07, 6.45) is 2.62. The van der Waals surface area contributed by atoms with E-state index in [9.17, 15) is 39.9 Å². The van der Waals surface area contributed by atoms with Gasteiger partial charge < -0.3 is 5.11 Å². The molecule has 0 saturated heterocycles. The molecular weight excluding hydrogens is 575 g/mol. The van der Waals surface area contributed by atoms with Gasteiger partial charge in [0.15, 0.2) is 0 Å². The lowest BCUT2D eigenvalue weighted by Gasteiger charge is -2.13. The van der Waals surface area contributed by atoms with Crippen molar-refractivity contribution in [2.75, 3.05) is 4.72 Å². The summed E-state index contributed by atoms with van der Waals surface area (Å²) in [5.74, 6) is -0.544. The third-order valence-corrected chi connectivity index (χ3v) is 8.38. The van der Waals surface area contributed by atoms with Gasteiger partial charge in [-0.2, -0.15) is 26.3 Å².